The van der Waals surface area contributed by atoms with Gasteiger partial charge in [0.25, 0.3) is 0 Å². The fourth-order valence-corrected chi connectivity index (χ4v) is 3.24. The average Bonchev–Trinajstić information content (AvgIpc) is 2.85. The van der Waals surface area contributed by atoms with Crippen LogP contribution in [0, 0.1) is 23.7 Å². The Hall–Kier alpha value is -0.340. The highest BCUT2D eigenvalue weighted by Gasteiger charge is 2.35. The van der Waals surface area contributed by atoms with Gasteiger partial charge in [0, 0.05) is 6.04 Å². The van der Waals surface area contributed by atoms with Gasteiger partial charge in [0.1, 0.15) is 0 Å². The summed E-state index contributed by atoms with van der Waals surface area (Å²) in [5, 5.41) is 12.8. The molecule has 0 aliphatic heterocycles. The first-order chi connectivity index (χ1) is 7.69. The van der Waals surface area contributed by atoms with E-state index in [9.17, 15) is 5.11 Å². The van der Waals surface area contributed by atoms with Crippen molar-refractivity contribution in [1.82, 2.24) is 5.32 Å². The molecule has 0 heterocycles. The van der Waals surface area contributed by atoms with Gasteiger partial charge in [-0.3, -0.25) is 0 Å². The minimum Gasteiger partial charge on any atom is -0.395 e. The van der Waals surface area contributed by atoms with E-state index in [0.717, 1.165) is 30.7 Å². The third-order valence-corrected chi connectivity index (χ3v) is 4.06. The smallest absolute Gasteiger partial charge is 0.0584 e. The van der Waals surface area contributed by atoms with E-state index in [2.05, 4.69) is 31.3 Å². The Kier molecular flexibility index (Phi) is 4.04. The lowest BCUT2D eigenvalue weighted by Crippen LogP contribution is -2.38. The molecule has 0 radical (unpaired) electrons. The highest BCUT2D eigenvalue weighted by molar-refractivity contribution is 5.10. The molecule has 0 aromatic rings. The molecule has 1 saturated carbocycles. The molecule has 0 aromatic carbocycles. The maximum Gasteiger partial charge on any atom is 0.0584 e. The highest BCUT2D eigenvalue weighted by atomic mass is 16.3. The maximum absolute atomic E-state index is 9.30. The van der Waals surface area contributed by atoms with E-state index in [0.29, 0.717) is 12.0 Å². The Morgan fingerprint density at radius 2 is 2.12 bits per heavy atom. The van der Waals surface area contributed by atoms with Gasteiger partial charge in [0.15, 0.2) is 0 Å². The molecule has 2 aliphatic carbocycles. The van der Waals surface area contributed by atoms with Crippen molar-refractivity contribution >= 4 is 0 Å². The van der Waals surface area contributed by atoms with Crippen LogP contribution >= 0.6 is 0 Å². The molecule has 4 unspecified atom stereocenters. The van der Waals surface area contributed by atoms with E-state index in [4.69, 9.17) is 0 Å². The molecule has 16 heavy (non-hydrogen) atoms. The Bertz CT molecular complexity index is 249. The van der Waals surface area contributed by atoms with E-state index in [1.807, 2.05) is 0 Å². The van der Waals surface area contributed by atoms with Crippen molar-refractivity contribution in [3.8, 4) is 0 Å². The maximum atomic E-state index is 9.30. The van der Waals surface area contributed by atoms with Crippen molar-refractivity contribution in [2.24, 2.45) is 23.7 Å². The van der Waals surface area contributed by atoms with Gasteiger partial charge in [-0.25, -0.2) is 0 Å². The van der Waals surface area contributed by atoms with Crippen molar-refractivity contribution < 1.29 is 5.11 Å². The van der Waals surface area contributed by atoms with Crippen LogP contribution < -0.4 is 5.32 Å². The van der Waals surface area contributed by atoms with Crippen LogP contribution in [-0.4, -0.2) is 24.3 Å². The summed E-state index contributed by atoms with van der Waals surface area (Å²) >= 11 is 0. The zero-order valence-electron chi connectivity index (χ0n) is 10.5. The lowest BCUT2D eigenvalue weighted by molar-refractivity contribution is 0.216. The summed E-state index contributed by atoms with van der Waals surface area (Å²) in [6.07, 6.45) is 8.59. The lowest BCUT2D eigenvalue weighted by atomic mass is 9.93. The van der Waals surface area contributed by atoms with Crippen LogP contribution in [0.2, 0.25) is 0 Å². The monoisotopic (exact) mass is 223 g/mol. The number of nitrogens with one attached hydrogen (secondary N) is 1. The van der Waals surface area contributed by atoms with Gasteiger partial charge in [-0.1, -0.05) is 26.0 Å². The van der Waals surface area contributed by atoms with Crippen LogP contribution in [0.3, 0.4) is 0 Å². The summed E-state index contributed by atoms with van der Waals surface area (Å²) in [6.45, 7) is 5.79. The van der Waals surface area contributed by atoms with Crippen LogP contribution in [-0.2, 0) is 0 Å². The lowest BCUT2D eigenvalue weighted by Gasteiger charge is -2.23. The molecule has 92 valence electrons. The number of fused-ring (bicyclic) bond motifs is 2. The molecule has 2 rings (SSSR count). The molecule has 2 bridgehead atoms. The third kappa shape index (κ3) is 2.86. The van der Waals surface area contributed by atoms with Crippen LogP contribution in [0.1, 0.15) is 33.1 Å². The normalized spacial score (nSPS) is 33.9. The van der Waals surface area contributed by atoms with E-state index < -0.39 is 0 Å². The Morgan fingerprint density at radius 1 is 1.31 bits per heavy atom. The zero-order chi connectivity index (χ0) is 11.5. The van der Waals surface area contributed by atoms with Gasteiger partial charge in [0.2, 0.25) is 0 Å². The average molecular weight is 223 g/mol. The predicted octanol–water partition coefficient (Wildman–Crippen LogP) is 2.20. The van der Waals surface area contributed by atoms with Gasteiger partial charge in [-0.15, -0.1) is 0 Å². The standard InChI is InChI=1S/C14H25NO/c1-10(2)5-14(9-16)15-8-13-7-11-3-4-12(13)6-11/h3-4,10-16H,5-9H2,1-2H3. The second-order valence-corrected chi connectivity index (χ2v) is 5.96. The number of allylic oxidation sites excluding steroid dienone is 2. The van der Waals surface area contributed by atoms with E-state index >= 15 is 0 Å². The van der Waals surface area contributed by atoms with Gasteiger partial charge >= 0.3 is 0 Å². The predicted molar refractivity (Wildman–Crippen MR) is 67.2 cm³/mol. The Labute approximate surface area is 99.1 Å². The molecule has 0 amide bonds. The molecule has 2 aliphatic rings. The molecule has 1 fully saturated rings. The van der Waals surface area contributed by atoms with Gasteiger partial charge in [0.05, 0.1) is 6.61 Å². The van der Waals surface area contributed by atoms with E-state index in [1.54, 1.807) is 0 Å². The number of hydrogen-bond acceptors (Lipinski definition) is 2. The molecule has 0 spiro atoms. The van der Waals surface area contributed by atoms with Gasteiger partial charge in [-0.05, 0) is 49.5 Å². The largest absolute Gasteiger partial charge is 0.395 e. The first kappa shape index (κ1) is 12.1. The second kappa shape index (κ2) is 5.33. The van der Waals surface area contributed by atoms with Crippen molar-refractivity contribution in [3.63, 3.8) is 0 Å². The fraction of sp³-hybridized carbons (Fsp3) is 0.857. The van der Waals surface area contributed by atoms with Crippen LogP contribution in [0.4, 0.5) is 0 Å². The highest BCUT2D eigenvalue weighted by Crippen LogP contribution is 2.42. The summed E-state index contributed by atoms with van der Waals surface area (Å²) in [5.74, 6) is 3.14. The fourth-order valence-electron chi connectivity index (χ4n) is 3.24. The van der Waals surface area contributed by atoms with Crippen molar-refractivity contribution in [3.05, 3.63) is 12.2 Å². The first-order valence-electron chi connectivity index (χ1n) is 6.71. The minimum absolute atomic E-state index is 0.273. The van der Waals surface area contributed by atoms with Crippen molar-refractivity contribution in [2.45, 2.75) is 39.2 Å². The summed E-state index contributed by atoms with van der Waals surface area (Å²) in [5.41, 5.74) is 0. The van der Waals surface area contributed by atoms with Crippen molar-refractivity contribution in [1.29, 1.82) is 0 Å². The minimum atomic E-state index is 0.273. The van der Waals surface area contributed by atoms with E-state index in [-0.39, 0.29) is 6.61 Å². The number of aliphatic hydroxyl groups excluding tert-OH is 1. The Balaban J connectivity index is 1.72. The molecule has 2 heteroatoms. The van der Waals surface area contributed by atoms with Gasteiger partial charge < -0.3 is 10.4 Å². The summed E-state index contributed by atoms with van der Waals surface area (Å²) in [6, 6.07) is 0.295. The zero-order valence-corrected chi connectivity index (χ0v) is 10.5. The molecule has 2 N–H and O–H groups in total. The summed E-state index contributed by atoms with van der Waals surface area (Å²) in [4.78, 5) is 0. The quantitative estimate of drug-likeness (QED) is 0.677. The van der Waals surface area contributed by atoms with Crippen LogP contribution in [0.25, 0.3) is 0 Å². The molecule has 2 nitrogen and oxygen atoms in total. The first-order valence-corrected chi connectivity index (χ1v) is 6.71. The summed E-state index contributed by atoms with van der Waals surface area (Å²) < 4.78 is 0. The molecule has 0 aromatic heterocycles. The third-order valence-electron chi connectivity index (χ3n) is 4.06. The van der Waals surface area contributed by atoms with E-state index in [1.165, 1.54) is 12.8 Å². The molecular weight excluding hydrogens is 198 g/mol. The Morgan fingerprint density at radius 3 is 2.62 bits per heavy atom. The topological polar surface area (TPSA) is 32.3 Å². The number of aliphatic hydroxyl groups is 1. The van der Waals surface area contributed by atoms with Crippen molar-refractivity contribution in [2.75, 3.05) is 13.2 Å². The number of rotatable bonds is 6. The molecule has 4 atom stereocenters. The number of hydrogen-bond donors (Lipinski definition) is 2. The molecule has 0 saturated heterocycles. The summed E-state index contributed by atoms with van der Waals surface area (Å²) in [7, 11) is 0. The second-order valence-electron chi connectivity index (χ2n) is 5.96. The van der Waals surface area contributed by atoms with Crippen LogP contribution in [0.15, 0.2) is 12.2 Å². The van der Waals surface area contributed by atoms with Crippen LogP contribution in [0.5, 0.6) is 0 Å². The SMILES string of the molecule is CC(C)CC(CO)NCC1CC2C=CC1C2. The van der Waals surface area contributed by atoms with Gasteiger partial charge in [-0.2, -0.15) is 0 Å². The molecular formula is C14H25NO.